The third kappa shape index (κ3) is 4.25. The van der Waals surface area contributed by atoms with E-state index >= 15 is 0 Å². The maximum atomic E-state index is 11.9. The van der Waals surface area contributed by atoms with Crippen molar-refractivity contribution in [3.8, 4) is 5.75 Å². The summed E-state index contributed by atoms with van der Waals surface area (Å²) in [6.07, 6.45) is 0. The van der Waals surface area contributed by atoms with Crippen LogP contribution in [-0.4, -0.2) is 48.6 Å². The van der Waals surface area contributed by atoms with Gasteiger partial charge in [0.1, 0.15) is 5.75 Å². The predicted octanol–water partition coefficient (Wildman–Crippen LogP) is 1.04. The van der Waals surface area contributed by atoms with Gasteiger partial charge in [-0.2, -0.15) is 0 Å². The van der Waals surface area contributed by atoms with Crippen LogP contribution < -0.4 is 10.2 Å². The van der Waals surface area contributed by atoms with Crippen LogP contribution in [0.4, 0.5) is 0 Å². The molecule has 7 heteroatoms. The minimum absolute atomic E-state index is 0.283. The Balaban J connectivity index is 3.24. The molecular formula is C16H25BO6. The van der Waals surface area contributed by atoms with E-state index in [2.05, 4.69) is 0 Å². The second-order valence-corrected chi connectivity index (χ2v) is 6.43. The van der Waals surface area contributed by atoms with Gasteiger partial charge in [-0.1, -0.05) is 0 Å². The molecule has 6 nitrogen and oxygen atoms in total. The van der Waals surface area contributed by atoms with E-state index in [9.17, 15) is 14.9 Å². The minimum atomic E-state index is -1.34. The minimum Gasteiger partial charge on any atom is -0.496 e. The van der Waals surface area contributed by atoms with E-state index in [-0.39, 0.29) is 5.56 Å². The van der Waals surface area contributed by atoms with Gasteiger partial charge in [-0.3, -0.25) is 0 Å². The molecule has 0 saturated heterocycles. The number of rotatable bonds is 6. The van der Waals surface area contributed by atoms with E-state index in [1.54, 1.807) is 40.7 Å². The Morgan fingerprint density at radius 3 is 2.17 bits per heavy atom. The maximum Gasteiger partial charge on any atom is 0.491 e. The Morgan fingerprint density at radius 1 is 1.17 bits per heavy atom. The number of hydrogen-bond donors (Lipinski definition) is 2. The lowest BCUT2D eigenvalue weighted by molar-refractivity contribution is -0.0982. The van der Waals surface area contributed by atoms with Crippen molar-refractivity contribution >= 4 is 18.6 Å². The molecule has 0 atom stereocenters. The first-order chi connectivity index (χ1) is 10.4. The van der Waals surface area contributed by atoms with Gasteiger partial charge >= 0.3 is 13.1 Å². The summed E-state index contributed by atoms with van der Waals surface area (Å²) in [6, 6.07) is 3.09. The molecule has 1 rings (SSSR count). The van der Waals surface area contributed by atoms with Gasteiger partial charge in [-0.05, 0) is 52.2 Å². The summed E-state index contributed by atoms with van der Waals surface area (Å²) in [5.74, 6) is -0.0942. The lowest BCUT2D eigenvalue weighted by Crippen LogP contribution is -2.53. The van der Waals surface area contributed by atoms with Crippen molar-refractivity contribution < 1.29 is 29.1 Å². The van der Waals surface area contributed by atoms with Crippen molar-refractivity contribution in [2.75, 3.05) is 14.2 Å². The summed E-state index contributed by atoms with van der Waals surface area (Å²) >= 11 is 0. The van der Waals surface area contributed by atoms with Gasteiger partial charge < -0.3 is 24.3 Å². The zero-order valence-electron chi connectivity index (χ0n) is 14.8. The van der Waals surface area contributed by atoms with E-state index < -0.39 is 24.3 Å². The largest absolute Gasteiger partial charge is 0.496 e. The highest BCUT2D eigenvalue weighted by Gasteiger charge is 2.39. The fourth-order valence-electron chi connectivity index (χ4n) is 1.88. The fraction of sp³-hybridized carbons (Fsp3) is 0.562. The molecule has 1 aromatic carbocycles. The first kappa shape index (κ1) is 19.5. The number of ether oxygens (including phenoxy) is 2. The third-order valence-electron chi connectivity index (χ3n) is 4.17. The normalized spacial score (nSPS) is 12.0. The summed E-state index contributed by atoms with van der Waals surface area (Å²) in [7, 11) is 1.42. The van der Waals surface area contributed by atoms with Gasteiger partial charge in [0.25, 0.3) is 0 Å². The highest BCUT2D eigenvalue weighted by Crippen LogP contribution is 2.26. The summed E-state index contributed by atoms with van der Waals surface area (Å²) in [4.78, 5) is 11.9. The van der Waals surface area contributed by atoms with E-state index in [0.717, 1.165) is 0 Å². The zero-order chi connectivity index (χ0) is 18.0. The number of esters is 1. The molecule has 23 heavy (non-hydrogen) atoms. The molecule has 0 aliphatic rings. The van der Waals surface area contributed by atoms with Crippen LogP contribution >= 0.6 is 0 Å². The predicted molar refractivity (Wildman–Crippen MR) is 88.1 cm³/mol. The zero-order valence-corrected chi connectivity index (χ0v) is 14.8. The molecule has 0 spiro atoms. The van der Waals surface area contributed by atoms with Crippen molar-refractivity contribution in [2.24, 2.45) is 0 Å². The number of carbonyl (C=O) groups excluding carboxylic acids is 1. The van der Waals surface area contributed by atoms with Gasteiger partial charge in [0.15, 0.2) is 0 Å². The second-order valence-electron chi connectivity index (χ2n) is 6.43. The number of methoxy groups -OCH3 is 2. The molecule has 1 aromatic rings. The number of benzene rings is 1. The number of aliphatic hydroxyl groups is 1. The number of hydrogen-bond acceptors (Lipinski definition) is 6. The Morgan fingerprint density at radius 2 is 1.74 bits per heavy atom. The van der Waals surface area contributed by atoms with Gasteiger partial charge in [-0.25, -0.2) is 4.79 Å². The van der Waals surface area contributed by atoms with E-state index in [1.807, 2.05) is 0 Å². The van der Waals surface area contributed by atoms with Crippen LogP contribution in [0.1, 0.15) is 43.6 Å². The smallest absolute Gasteiger partial charge is 0.491 e. The number of carbonyl (C=O) groups is 1. The van der Waals surface area contributed by atoms with Crippen molar-refractivity contribution in [2.45, 2.75) is 45.8 Å². The van der Waals surface area contributed by atoms with Crippen LogP contribution in [-0.2, 0) is 9.39 Å². The lowest BCUT2D eigenvalue weighted by atomic mass is 9.75. The summed E-state index contributed by atoms with van der Waals surface area (Å²) in [6.45, 7) is 8.25. The van der Waals surface area contributed by atoms with Crippen molar-refractivity contribution in [3.05, 3.63) is 23.3 Å². The quantitative estimate of drug-likeness (QED) is 0.601. The monoisotopic (exact) mass is 324 g/mol. The van der Waals surface area contributed by atoms with Crippen LogP contribution in [0.15, 0.2) is 12.1 Å². The van der Waals surface area contributed by atoms with Crippen molar-refractivity contribution in [1.29, 1.82) is 0 Å². The first-order valence-electron chi connectivity index (χ1n) is 7.29. The average Bonchev–Trinajstić information content (AvgIpc) is 2.44. The van der Waals surface area contributed by atoms with Gasteiger partial charge in [0, 0.05) is 5.56 Å². The molecule has 2 N–H and O–H groups in total. The van der Waals surface area contributed by atoms with Crippen LogP contribution in [0.2, 0.25) is 0 Å². The Kier molecular flexibility index (Phi) is 5.85. The molecule has 0 bridgehead atoms. The van der Waals surface area contributed by atoms with Crippen LogP contribution in [0.3, 0.4) is 0 Å². The Hall–Kier alpha value is -1.57. The van der Waals surface area contributed by atoms with Gasteiger partial charge in [0.2, 0.25) is 0 Å². The van der Waals surface area contributed by atoms with E-state index in [1.165, 1.54) is 20.3 Å². The lowest BCUT2D eigenvalue weighted by Gasteiger charge is -2.38. The molecule has 0 aliphatic heterocycles. The molecule has 0 heterocycles. The molecule has 0 fully saturated rings. The molecule has 0 saturated carbocycles. The second kappa shape index (κ2) is 6.90. The fourth-order valence-corrected chi connectivity index (χ4v) is 1.88. The average molecular weight is 324 g/mol. The van der Waals surface area contributed by atoms with Crippen molar-refractivity contribution in [3.63, 3.8) is 0 Å². The highest BCUT2D eigenvalue weighted by molar-refractivity contribution is 6.60. The molecule has 0 aliphatic carbocycles. The van der Waals surface area contributed by atoms with Gasteiger partial charge in [0.05, 0.1) is 31.0 Å². The van der Waals surface area contributed by atoms with Crippen LogP contribution in [0, 0.1) is 6.92 Å². The molecular weight excluding hydrogens is 299 g/mol. The molecule has 0 unspecified atom stereocenters. The Bertz CT molecular complexity index is 577. The molecule has 0 radical (unpaired) electrons. The Labute approximate surface area is 137 Å². The molecule has 0 aromatic heterocycles. The summed E-state index contributed by atoms with van der Waals surface area (Å²) in [5, 5.41) is 20.5. The summed E-state index contributed by atoms with van der Waals surface area (Å²) in [5.41, 5.74) is -0.961. The van der Waals surface area contributed by atoms with E-state index in [4.69, 9.17) is 14.1 Å². The molecule has 128 valence electrons. The topological polar surface area (TPSA) is 85.2 Å². The first-order valence-corrected chi connectivity index (χ1v) is 7.29. The van der Waals surface area contributed by atoms with Crippen molar-refractivity contribution in [1.82, 2.24) is 0 Å². The highest BCUT2D eigenvalue weighted by atomic mass is 16.5. The third-order valence-corrected chi connectivity index (χ3v) is 4.17. The van der Waals surface area contributed by atoms with E-state index in [0.29, 0.717) is 16.8 Å². The summed E-state index contributed by atoms with van der Waals surface area (Å²) < 4.78 is 15.6. The maximum absolute atomic E-state index is 11.9. The molecule has 0 amide bonds. The SMILES string of the molecule is COC(=O)c1cc(B(O)OC(C)(C)C(C)(C)O)cc(OC)c1C. The van der Waals surface area contributed by atoms with Gasteiger partial charge in [-0.15, -0.1) is 0 Å². The van der Waals surface area contributed by atoms with Crippen LogP contribution in [0.5, 0.6) is 5.75 Å². The standard InChI is InChI=1S/C16H25BO6/c1-10-12(14(18)22-7)8-11(9-13(10)21-6)17(20)23-16(4,5)15(2,3)19/h8-9,19-20H,1-7H3. The van der Waals surface area contributed by atoms with Crippen LogP contribution in [0.25, 0.3) is 0 Å².